The van der Waals surface area contributed by atoms with Gasteiger partial charge in [-0.3, -0.25) is 14.9 Å². The molecule has 0 saturated carbocycles. The molecule has 1 amide bonds. The fourth-order valence-electron chi connectivity index (χ4n) is 2.12. The summed E-state index contributed by atoms with van der Waals surface area (Å²) >= 11 is 5.81. The third-order valence-corrected chi connectivity index (χ3v) is 3.51. The first-order valence-electron chi connectivity index (χ1n) is 7.31. The lowest BCUT2D eigenvalue weighted by Crippen LogP contribution is -2.24. The molecular formula is C16H12ClN3O6. The van der Waals surface area contributed by atoms with Crippen molar-refractivity contribution in [3.05, 3.63) is 57.1 Å². The van der Waals surface area contributed by atoms with Gasteiger partial charge in [0.15, 0.2) is 18.1 Å². The van der Waals surface area contributed by atoms with Crippen LogP contribution in [-0.2, 0) is 4.79 Å². The largest absolute Gasteiger partial charge is 0.484 e. The first-order chi connectivity index (χ1) is 12.5. The van der Waals surface area contributed by atoms with E-state index in [9.17, 15) is 14.9 Å². The normalized spacial score (nSPS) is 12.2. The summed E-state index contributed by atoms with van der Waals surface area (Å²) in [6.07, 6.45) is 1.15. The van der Waals surface area contributed by atoms with Crippen LogP contribution in [0.2, 0.25) is 5.02 Å². The second-order valence-electron chi connectivity index (χ2n) is 5.06. The van der Waals surface area contributed by atoms with Crippen molar-refractivity contribution in [1.82, 2.24) is 5.43 Å². The van der Waals surface area contributed by atoms with Gasteiger partial charge in [-0.05, 0) is 24.3 Å². The summed E-state index contributed by atoms with van der Waals surface area (Å²) in [5.74, 6) is 0.549. The molecular weight excluding hydrogens is 366 g/mol. The number of halogens is 1. The molecule has 0 aliphatic carbocycles. The van der Waals surface area contributed by atoms with Gasteiger partial charge in [0.1, 0.15) is 5.75 Å². The zero-order chi connectivity index (χ0) is 18.5. The Balaban J connectivity index is 1.61. The quantitative estimate of drug-likeness (QED) is 0.470. The maximum atomic E-state index is 11.7. The Morgan fingerprint density at radius 2 is 2.12 bits per heavy atom. The Morgan fingerprint density at radius 3 is 2.85 bits per heavy atom. The summed E-state index contributed by atoms with van der Waals surface area (Å²) in [5.41, 5.74) is 2.17. The van der Waals surface area contributed by atoms with Crippen molar-refractivity contribution in [2.24, 2.45) is 5.10 Å². The monoisotopic (exact) mass is 377 g/mol. The van der Waals surface area contributed by atoms with Crippen LogP contribution in [0.1, 0.15) is 5.56 Å². The number of carbonyl (C=O) groups is 1. The maximum Gasteiger partial charge on any atom is 0.282 e. The van der Waals surface area contributed by atoms with Crippen molar-refractivity contribution in [3.8, 4) is 17.2 Å². The first-order valence-corrected chi connectivity index (χ1v) is 7.69. The van der Waals surface area contributed by atoms with E-state index in [1.165, 1.54) is 12.1 Å². The number of ether oxygens (including phenoxy) is 3. The predicted octanol–water partition coefficient (Wildman–Crippen LogP) is 2.51. The van der Waals surface area contributed by atoms with Gasteiger partial charge in [0.2, 0.25) is 6.79 Å². The van der Waals surface area contributed by atoms with E-state index in [1.807, 2.05) is 0 Å². The van der Waals surface area contributed by atoms with Gasteiger partial charge < -0.3 is 14.2 Å². The van der Waals surface area contributed by atoms with Gasteiger partial charge in [-0.1, -0.05) is 17.7 Å². The number of nitro benzene ring substituents is 1. The average Bonchev–Trinajstić information content (AvgIpc) is 3.06. The van der Waals surface area contributed by atoms with Gasteiger partial charge in [-0.15, -0.1) is 0 Å². The highest BCUT2D eigenvalue weighted by atomic mass is 35.5. The Morgan fingerprint density at radius 1 is 1.35 bits per heavy atom. The smallest absolute Gasteiger partial charge is 0.282 e. The molecule has 1 aliphatic rings. The second kappa shape index (κ2) is 7.70. The van der Waals surface area contributed by atoms with Gasteiger partial charge >= 0.3 is 0 Å². The maximum absolute atomic E-state index is 11.7. The molecule has 0 aromatic heterocycles. The molecule has 2 aromatic carbocycles. The summed E-state index contributed by atoms with van der Waals surface area (Å²) < 4.78 is 15.5. The van der Waals surface area contributed by atoms with Crippen LogP contribution in [0.3, 0.4) is 0 Å². The molecule has 0 bridgehead atoms. The van der Waals surface area contributed by atoms with Crippen LogP contribution < -0.4 is 19.6 Å². The van der Waals surface area contributed by atoms with E-state index in [2.05, 4.69) is 10.5 Å². The van der Waals surface area contributed by atoms with Gasteiger partial charge in [0.05, 0.1) is 22.8 Å². The number of rotatable bonds is 6. The summed E-state index contributed by atoms with van der Waals surface area (Å²) in [6, 6.07) is 9.24. The van der Waals surface area contributed by atoms with Crippen LogP contribution in [0.4, 0.5) is 5.69 Å². The van der Waals surface area contributed by atoms with Gasteiger partial charge in [0, 0.05) is 5.02 Å². The van der Waals surface area contributed by atoms with E-state index >= 15 is 0 Å². The van der Waals surface area contributed by atoms with E-state index < -0.39 is 10.8 Å². The molecule has 10 heteroatoms. The number of nitrogens with zero attached hydrogens (tertiary/aromatic N) is 2. The number of carbonyl (C=O) groups excluding carboxylic acids is 1. The highest BCUT2D eigenvalue weighted by Gasteiger charge is 2.22. The van der Waals surface area contributed by atoms with Crippen molar-refractivity contribution >= 4 is 29.4 Å². The molecule has 0 radical (unpaired) electrons. The number of fused-ring (bicyclic) bond motifs is 1. The molecule has 1 heterocycles. The molecule has 3 rings (SSSR count). The summed E-state index contributed by atoms with van der Waals surface area (Å²) in [6.45, 7) is -0.300. The zero-order valence-electron chi connectivity index (χ0n) is 13.2. The molecule has 0 fully saturated rings. The van der Waals surface area contributed by atoms with Crippen LogP contribution in [0.5, 0.6) is 17.2 Å². The van der Waals surface area contributed by atoms with E-state index in [1.54, 1.807) is 24.3 Å². The third-order valence-electron chi connectivity index (χ3n) is 3.28. The molecule has 0 saturated heterocycles. The van der Waals surface area contributed by atoms with E-state index in [4.69, 9.17) is 25.8 Å². The number of benzene rings is 2. The Hall–Kier alpha value is -3.33. The standard InChI is InChI=1S/C16H12ClN3O6/c17-11-2-1-3-12(5-11)24-8-16(21)19-18-7-10-4-14-15(26-9-25-14)6-13(10)20(22)23/h1-7H,8-9H2,(H,19,21)/b18-7-. The van der Waals surface area contributed by atoms with Crippen molar-refractivity contribution in [1.29, 1.82) is 0 Å². The number of amides is 1. The summed E-state index contributed by atoms with van der Waals surface area (Å²) in [4.78, 5) is 22.3. The van der Waals surface area contributed by atoms with Gasteiger partial charge in [-0.25, -0.2) is 5.43 Å². The lowest BCUT2D eigenvalue weighted by atomic mass is 10.1. The molecule has 0 atom stereocenters. The summed E-state index contributed by atoms with van der Waals surface area (Å²) in [7, 11) is 0. The van der Waals surface area contributed by atoms with Gasteiger partial charge in [0.25, 0.3) is 11.6 Å². The molecule has 26 heavy (non-hydrogen) atoms. The highest BCUT2D eigenvalue weighted by molar-refractivity contribution is 6.30. The lowest BCUT2D eigenvalue weighted by molar-refractivity contribution is -0.385. The fourth-order valence-corrected chi connectivity index (χ4v) is 2.30. The Labute approximate surface area is 152 Å². The minimum Gasteiger partial charge on any atom is -0.484 e. The molecule has 9 nitrogen and oxygen atoms in total. The Kier molecular flexibility index (Phi) is 5.18. The Bertz CT molecular complexity index is 886. The predicted molar refractivity (Wildman–Crippen MR) is 91.9 cm³/mol. The number of hydrogen-bond donors (Lipinski definition) is 1. The van der Waals surface area contributed by atoms with Crippen LogP contribution in [0, 0.1) is 10.1 Å². The fraction of sp³-hybridized carbons (Fsp3) is 0.125. The van der Waals surface area contributed by atoms with E-state index in [-0.39, 0.29) is 30.4 Å². The van der Waals surface area contributed by atoms with Crippen molar-refractivity contribution in [2.75, 3.05) is 13.4 Å². The van der Waals surface area contributed by atoms with Crippen LogP contribution in [0.15, 0.2) is 41.5 Å². The molecule has 1 aliphatic heterocycles. The minimum absolute atomic E-state index is 0.00926. The highest BCUT2D eigenvalue weighted by Crippen LogP contribution is 2.37. The molecule has 0 unspecified atom stereocenters. The molecule has 0 spiro atoms. The average molecular weight is 378 g/mol. The zero-order valence-corrected chi connectivity index (χ0v) is 13.9. The van der Waals surface area contributed by atoms with E-state index in [0.717, 1.165) is 6.21 Å². The summed E-state index contributed by atoms with van der Waals surface area (Å²) in [5, 5.41) is 15.3. The van der Waals surface area contributed by atoms with Crippen molar-refractivity contribution in [2.45, 2.75) is 0 Å². The topological polar surface area (TPSA) is 112 Å². The van der Waals surface area contributed by atoms with Crippen LogP contribution in [-0.4, -0.2) is 30.4 Å². The second-order valence-corrected chi connectivity index (χ2v) is 5.50. The minimum atomic E-state index is -0.576. The molecule has 1 N–H and O–H groups in total. The van der Waals surface area contributed by atoms with Crippen molar-refractivity contribution in [3.63, 3.8) is 0 Å². The first kappa shape index (κ1) is 17.5. The lowest BCUT2D eigenvalue weighted by Gasteiger charge is -2.05. The SMILES string of the molecule is O=C(COc1cccc(Cl)c1)N/N=C\c1cc2c(cc1[N+](=O)[O-])OCO2. The van der Waals surface area contributed by atoms with Crippen molar-refractivity contribution < 1.29 is 23.9 Å². The van der Waals surface area contributed by atoms with Crippen LogP contribution >= 0.6 is 11.6 Å². The van der Waals surface area contributed by atoms with Crippen LogP contribution in [0.25, 0.3) is 0 Å². The number of hydrazone groups is 1. The third kappa shape index (κ3) is 4.19. The number of hydrogen-bond acceptors (Lipinski definition) is 7. The number of nitrogens with one attached hydrogen (secondary N) is 1. The van der Waals surface area contributed by atoms with Gasteiger partial charge in [-0.2, -0.15) is 5.10 Å². The van der Waals surface area contributed by atoms with E-state index in [0.29, 0.717) is 16.5 Å². The molecule has 2 aromatic rings. The molecule has 134 valence electrons. The number of nitro groups is 1.